The van der Waals surface area contributed by atoms with E-state index in [0.717, 1.165) is 16.8 Å². The summed E-state index contributed by atoms with van der Waals surface area (Å²) in [5.74, 6) is 0.422. The van der Waals surface area contributed by atoms with Gasteiger partial charge in [-0.3, -0.25) is 9.48 Å². The highest BCUT2D eigenvalue weighted by atomic mass is 35.5. The minimum absolute atomic E-state index is 0.184. The predicted octanol–water partition coefficient (Wildman–Crippen LogP) is 2.95. The molecule has 1 aliphatic heterocycles. The maximum absolute atomic E-state index is 12.5. The van der Waals surface area contributed by atoms with Crippen molar-refractivity contribution >= 4 is 17.5 Å². The summed E-state index contributed by atoms with van der Waals surface area (Å²) in [6.45, 7) is 3.28. The molecule has 4 rings (SSSR count). The molecule has 1 aliphatic rings. The highest BCUT2D eigenvalue weighted by Gasteiger charge is 2.25. The Kier molecular flexibility index (Phi) is 5.34. The quantitative estimate of drug-likeness (QED) is 0.691. The fraction of sp³-hybridized carbons (Fsp3) is 0.300. The number of hydrogen-bond donors (Lipinski definition) is 1. The van der Waals surface area contributed by atoms with Gasteiger partial charge in [-0.05, 0) is 25.1 Å². The molecule has 0 bridgehead atoms. The predicted molar refractivity (Wildman–Crippen MR) is 104 cm³/mol. The summed E-state index contributed by atoms with van der Waals surface area (Å²) >= 11 is 6.10. The first kappa shape index (κ1) is 19.2. The Morgan fingerprint density at radius 1 is 1.45 bits per heavy atom. The van der Waals surface area contributed by atoms with Crippen molar-refractivity contribution in [1.29, 1.82) is 5.26 Å². The lowest BCUT2D eigenvalue weighted by atomic mass is 10.1. The van der Waals surface area contributed by atoms with E-state index in [1.807, 2.05) is 25.3 Å². The van der Waals surface area contributed by atoms with Crippen LogP contribution >= 0.6 is 11.6 Å². The third kappa shape index (κ3) is 4.01. The van der Waals surface area contributed by atoms with Crippen LogP contribution in [0.5, 0.6) is 0 Å². The first-order valence-corrected chi connectivity index (χ1v) is 9.52. The number of ether oxygens (including phenoxy) is 1. The van der Waals surface area contributed by atoms with Crippen LogP contribution in [0.25, 0.3) is 11.3 Å². The number of fused-ring (bicyclic) bond motifs is 1. The molecule has 9 heteroatoms. The summed E-state index contributed by atoms with van der Waals surface area (Å²) < 4.78 is 12.4. The molecule has 0 fully saturated rings. The van der Waals surface area contributed by atoms with Crippen LogP contribution in [-0.2, 0) is 24.3 Å². The van der Waals surface area contributed by atoms with Gasteiger partial charge in [0.15, 0.2) is 5.69 Å². The summed E-state index contributed by atoms with van der Waals surface area (Å²) in [6, 6.07) is 8.90. The van der Waals surface area contributed by atoms with Crippen molar-refractivity contribution in [3.63, 3.8) is 0 Å². The average molecular weight is 412 g/mol. The third-order valence-corrected chi connectivity index (χ3v) is 4.98. The first-order valence-electron chi connectivity index (χ1n) is 9.14. The second-order valence-electron chi connectivity index (χ2n) is 6.84. The molecule has 0 spiro atoms. The Morgan fingerprint density at radius 3 is 3.10 bits per heavy atom. The van der Waals surface area contributed by atoms with Crippen LogP contribution in [-0.4, -0.2) is 33.5 Å². The summed E-state index contributed by atoms with van der Waals surface area (Å²) in [5, 5.41) is 20.7. The maximum Gasteiger partial charge on any atom is 0.274 e. The zero-order valence-electron chi connectivity index (χ0n) is 15.7. The fourth-order valence-electron chi connectivity index (χ4n) is 3.21. The number of carbonyl (C=O) groups excluding carboxylic acids is 1. The number of benzene rings is 1. The Hall–Kier alpha value is -3.15. The highest BCUT2D eigenvalue weighted by Crippen LogP contribution is 2.24. The van der Waals surface area contributed by atoms with Crippen LogP contribution < -0.4 is 5.32 Å². The van der Waals surface area contributed by atoms with E-state index in [1.54, 1.807) is 22.9 Å². The van der Waals surface area contributed by atoms with Gasteiger partial charge in [0, 0.05) is 24.2 Å². The standard InChI is InChI=1S/C20H18ClN5O3/c1-12(23-20(27)19-15-11-28-7-5-18(15)29-25-19)10-26-6-4-17(24-26)13-2-3-14(9-22)16(21)8-13/h2-4,6,8,12H,5,7,10-11H2,1H3,(H,23,27)/t12-/m0/s1. The van der Waals surface area contributed by atoms with Crippen molar-refractivity contribution in [2.75, 3.05) is 6.61 Å². The van der Waals surface area contributed by atoms with Crippen LogP contribution in [0.15, 0.2) is 35.0 Å². The van der Waals surface area contributed by atoms with Crippen molar-refractivity contribution < 1.29 is 14.1 Å². The Morgan fingerprint density at radius 2 is 2.31 bits per heavy atom. The van der Waals surface area contributed by atoms with Crippen LogP contribution in [0, 0.1) is 11.3 Å². The van der Waals surface area contributed by atoms with Gasteiger partial charge >= 0.3 is 0 Å². The highest BCUT2D eigenvalue weighted by molar-refractivity contribution is 6.32. The normalized spacial score (nSPS) is 14.1. The maximum atomic E-state index is 12.5. The van der Waals surface area contributed by atoms with Gasteiger partial charge in [-0.15, -0.1) is 0 Å². The van der Waals surface area contributed by atoms with Gasteiger partial charge in [-0.25, -0.2) is 0 Å². The molecule has 1 aromatic carbocycles. The number of aromatic nitrogens is 3. The van der Waals surface area contributed by atoms with Crippen molar-refractivity contribution in [2.45, 2.75) is 32.5 Å². The van der Waals surface area contributed by atoms with Crippen molar-refractivity contribution in [1.82, 2.24) is 20.3 Å². The van der Waals surface area contributed by atoms with Crippen molar-refractivity contribution in [3.8, 4) is 17.3 Å². The van der Waals surface area contributed by atoms with Crippen LogP contribution in [0.1, 0.15) is 34.3 Å². The molecule has 8 nitrogen and oxygen atoms in total. The number of rotatable bonds is 5. The van der Waals surface area contributed by atoms with Crippen molar-refractivity contribution in [3.05, 3.63) is 58.1 Å². The Balaban J connectivity index is 1.41. The number of amides is 1. The van der Waals surface area contributed by atoms with Gasteiger partial charge in [0.05, 0.1) is 41.6 Å². The van der Waals surface area contributed by atoms with Gasteiger partial charge in [-0.1, -0.05) is 22.8 Å². The zero-order valence-corrected chi connectivity index (χ0v) is 16.4. The van der Waals surface area contributed by atoms with E-state index < -0.39 is 0 Å². The van der Waals surface area contributed by atoms with E-state index in [0.29, 0.717) is 42.5 Å². The van der Waals surface area contributed by atoms with Crippen LogP contribution in [0.2, 0.25) is 5.02 Å². The van der Waals surface area contributed by atoms with Gasteiger partial charge < -0.3 is 14.6 Å². The van der Waals surface area contributed by atoms with E-state index in [-0.39, 0.29) is 17.6 Å². The third-order valence-electron chi connectivity index (χ3n) is 4.67. The fourth-order valence-corrected chi connectivity index (χ4v) is 3.43. The molecule has 29 heavy (non-hydrogen) atoms. The monoisotopic (exact) mass is 411 g/mol. The molecular weight excluding hydrogens is 394 g/mol. The van der Waals surface area contributed by atoms with Crippen LogP contribution in [0.3, 0.4) is 0 Å². The molecule has 0 aliphatic carbocycles. The summed E-state index contributed by atoms with van der Waals surface area (Å²) in [7, 11) is 0. The second kappa shape index (κ2) is 8.07. The molecule has 0 saturated carbocycles. The zero-order chi connectivity index (χ0) is 20.4. The SMILES string of the molecule is C[C@@H](Cn1ccc(-c2ccc(C#N)c(Cl)c2)n1)NC(=O)c1noc2c1COCC2. The summed E-state index contributed by atoms with van der Waals surface area (Å²) in [4.78, 5) is 12.5. The first-order chi connectivity index (χ1) is 14.0. The van der Waals surface area contributed by atoms with Gasteiger partial charge in [0.2, 0.25) is 0 Å². The lowest BCUT2D eigenvalue weighted by molar-refractivity contribution is 0.0908. The number of nitriles is 1. The number of nitrogens with zero attached hydrogens (tertiary/aromatic N) is 4. The van der Waals surface area contributed by atoms with Gasteiger partial charge in [-0.2, -0.15) is 10.4 Å². The van der Waals surface area contributed by atoms with E-state index in [1.165, 1.54) is 0 Å². The Bertz CT molecular complexity index is 1100. The number of nitrogens with one attached hydrogen (secondary N) is 1. The van der Waals surface area contributed by atoms with Crippen molar-refractivity contribution in [2.24, 2.45) is 0 Å². The van der Waals surface area contributed by atoms with E-state index in [9.17, 15) is 4.79 Å². The lowest BCUT2D eigenvalue weighted by Crippen LogP contribution is -2.36. The molecule has 3 heterocycles. The molecule has 1 amide bonds. The Labute approximate surface area is 172 Å². The number of halogens is 1. The topological polar surface area (TPSA) is 106 Å². The summed E-state index contributed by atoms with van der Waals surface area (Å²) in [6.07, 6.45) is 2.45. The smallest absolute Gasteiger partial charge is 0.274 e. The molecule has 1 atom stereocenters. The minimum Gasteiger partial charge on any atom is -0.376 e. The van der Waals surface area contributed by atoms with E-state index in [2.05, 4.69) is 15.6 Å². The molecule has 0 unspecified atom stereocenters. The summed E-state index contributed by atoms with van der Waals surface area (Å²) in [5.41, 5.74) is 2.97. The molecular formula is C20H18ClN5O3. The lowest BCUT2D eigenvalue weighted by Gasteiger charge is -2.14. The van der Waals surface area contributed by atoms with Gasteiger partial charge in [0.25, 0.3) is 5.91 Å². The molecule has 148 valence electrons. The molecule has 0 radical (unpaired) electrons. The molecule has 3 aromatic rings. The average Bonchev–Trinajstić information content (AvgIpc) is 3.34. The number of carbonyl (C=O) groups is 1. The van der Waals surface area contributed by atoms with Gasteiger partial charge in [0.1, 0.15) is 11.8 Å². The molecule has 2 aromatic heterocycles. The largest absolute Gasteiger partial charge is 0.376 e. The molecule has 0 saturated heterocycles. The molecule has 1 N–H and O–H groups in total. The number of hydrogen-bond acceptors (Lipinski definition) is 6. The van der Waals surface area contributed by atoms with E-state index >= 15 is 0 Å². The van der Waals surface area contributed by atoms with Crippen LogP contribution in [0.4, 0.5) is 0 Å². The van der Waals surface area contributed by atoms with E-state index in [4.69, 9.17) is 26.1 Å². The second-order valence-corrected chi connectivity index (χ2v) is 7.25. The minimum atomic E-state index is -0.292.